The highest BCUT2D eigenvalue weighted by Crippen LogP contribution is 2.20. The van der Waals surface area contributed by atoms with E-state index in [1.165, 1.54) is 0 Å². The summed E-state index contributed by atoms with van der Waals surface area (Å²) in [4.78, 5) is 2.04. The molecule has 0 aromatic carbocycles. The number of furan rings is 1. The fraction of sp³-hybridized carbons (Fsp3) is 0.385. The summed E-state index contributed by atoms with van der Waals surface area (Å²) in [5.41, 5.74) is 6.23. The molecule has 0 aliphatic heterocycles. The zero-order chi connectivity index (χ0) is 13.0. The number of aromatic nitrogens is 2. The predicted octanol–water partition coefficient (Wildman–Crippen LogP) is 1.83. The van der Waals surface area contributed by atoms with Crippen LogP contribution in [0.25, 0.3) is 11.5 Å². The van der Waals surface area contributed by atoms with E-state index in [2.05, 4.69) is 10.2 Å². The normalized spacial score (nSPS) is 10.6. The van der Waals surface area contributed by atoms with Gasteiger partial charge in [-0.2, -0.15) is 0 Å². The van der Waals surface area contributed by atoms with E-state index in [0.717, 1.165) is 36.0 Å². The smallest absolute Gasteiger partial charge is 0.154 e. The van der Waals surface area contributed by atoms with Crippen LogP contribution in [0.2, 0.25) is 0 Å². The molecule has 2 rings (SSSR count). The lowest BCUT2D eigenvalue weighted by atomic mass is 10.3. The molecule has 0 saturated carbocycles. The third kappa shape index (κ3) is 2.87. The Labute approximate surface area is 107 Å². The number of aryl methyl sites for hydroxylation is 1. The van der Waals surface area contributed by atoms with Gasteiger partial charge in [-0.1, -0.05) is 0 Å². The van der Waals surface area contributed by atoms with Crippen molar-refractivity contribution in [2.24, 2.45) is 5.73 Å². The maximum absolute atomic E-state index is 5.50. The Hall–Kier alpha value is -1.88. The molecule has 0 unspecified atom stereocenters. The van der Waals surface area contributed by atoms with Crippen molar-refractivity contribution in [3.05, 3.63) is 30.0 Å². The Bertz CT molecular complexity index is 492. The quantitative estimate of drug-likeness (QED) is 0.871. The number of hydrogen-bond donors (Lipinski definition) is 1. The van der Waals surface area contributed by atoms with Gasteiger partial charge in [0.1, 0.15) is 11.5 Å². The molecule has 0 atom stereocenters. The fourth-order valence-corrected chi connectivity index (χ4v) is 1.68. The van der Waals surface area contributed by atoms with Crippen LogP contribution in [-0.2, 0) is 0 Å². The Kier molecular flexibility index (Phi) is 3.94. The molecule has 96 valence electrons. The summed E-state index contributed by atoms with van der Waals surface area (Å²) < 4.78 is 5.50. The van der Waals surface area contributed by atoms with Crippen LogP contribution in [0.3, 0.4) is 0 Å². The summed E-state index contributed by atoms with van der Waals surface area (Å²) in [5.74, 6) is 2.46. The summed E-state index contributed by atoms with van der Waals surface area (Å²) in [6.45, 7) is 3.47. The second-order valence-corrected chi connectivity index (χ2v) is 4.25. The molecule has 0 fully saturated rings. The van der Waals surface area contributed by atoms with Gasteiger partial charge < -0.3 is 15.1 Å². The van der Waals surface area contributed by atoms with Gasteiger partial charge in [0.05, 0.1) is 0 Å². The molecular formula is C13H18N4O. The zero-order valence-corrected chi connectivity index (χ0v) is 10.8. The van der Waals surface area contributed by atoms with Gasteiger partial charge in [0, 0.05) is 13.6 Å². The van der Waals surface area contributed by atoms with Gasteiger partial charge in [0.25, 0.3) is 0 Å². The maximum atomic E-state index is 5.50. The minimum atomic E-state index is 0.682. The second-order valence-electron chi connectivity index (χ2n) is 4.25. The van der Waals surface area contributed by atoms with Crippen molar-refractivity contribution in [1.82, 2.24) is 10.2 Å². The van der Waals surface area contributed by atoms with Gasteiger partial charge in [-0.05, 0) is 44.2 Å². The van der Waals surface area contributed by atoms with Crippen LogP contribution in [0, 0.1) is 6.92 Å². The molecule has 5 nitrogen and oxygen atoms in total. The first-order chi connectivity index (χ1) is 8.70. The zero-order valence-electron chi connectivity index (χ0n) is 10.8. The summed E-state index contributed by atoms with van der Waals surface area (Å²) >= 11 is 0. The molecule has 0 saturated heterocycles. The molecule has 2 heterocycles. The summed E-state index contributed by atoms with van der Waals surface area (Å²) in [6.07, 6.45) is 0.942. The largest absolute Gasteiger partial charge is 0.460 e. The van der Waals surface area contributed by atoms with E-state index < -0.39 is 0 Å². The van der Waals surface area contributed by atoms with Crippen LogP contribution in [0.15, 0.2) is 28.7 Å². The lowest BCUT2D eigenvalue weighted by Gasteiger charge is -2.16. The van der Waals surface area contributed by atoms with Crippen molar-refractivity contribution in [2.75, 3.05) is 25.0 Å². The molecule has 2 aromatic rings. The SMILES string of the molecule is Cc1ccc(-c2ccc(N(C)CCCN)nn2)o1. The van der Waals surface area contributed by atoms with Crippen LogP contribution in [0.4, 0.5) is 5.82 Å². The van der Waals surface area contributed by atoms with Crippen molar-refractivity contribution in [3.8, 4) is 11.5 Å². The monoisotopic (exact) mass is 246 g/mol. The molecule has 18 heavy (non-hydrogen) atoms. The first kappa shape index (κ1) is 12.6. The topological polar surface area (TPSA) is 68.2 Å². The van der Waals surface area contributed by atoms with Crippen LogP contribution in [-0.4, -0.2) is 30.3 Å². The third-order valence-corrected chi connectivity index (χ3v) is 2.73. The van der Waals surface area contributed by atoms with Crippen molar-refractivity contribution >= 4 is 5.82 Å². The van der Waals surface area contributed by atoms with E-state index in [-0.39, 0.29) is 0 Å². The highest BCUT2D eigenvalue weighted by atomic mass is 16.3. The van der Waals surface area contributed by atoms with Crippen LogP contribution >= 0.6 is 0 Å². The minimum absolute atomic E-state index is 0.682. The van der Waals surface area contributed by atoms with Gasteiger partial charge in [0.15, 0.2) is 11.6 Å². The lowest BCUT2D eigenvalue weighted by Crippen LogP contribution is -2.22. The van der Waals surface area contributed by atoms with Gasteiger partial charge in [-0.25, -0.2) is 0 Å². The van der Waals surface area contributed by atoms with E-state index in [4.69, 9.17) is 10.2 Å². The first-order valence-corrected chi connectivity index (χ1v) is 6.02. The summed E-state index contributed by atoms with van der Waals surface area (Å²) in [5, 5.41) is 8.37. The van der Waals surface area contributed by atoms with E-state index in [1.807, 2.05) is 43.1 Å². The van der Waals surface area contributed by atoms with Crippen molar-refractivity contribution in [2.45, 2.75) is 13.3 Å². The molecule has 0 aliphatic rings. The number of rotatable bonds is 5. The van der Waals surface area contributed by atoms with E-state index in [9.17, 15) is 0 Å². The molecule has 0 aliphatic carbocycles. The highest BCUT2D eigenvalue weighted by Gasteiger charge is 2.07. The van der Waals surface area contributed by atoms with Crippen molar-refractivity contribution < 1.29 is 4.42 Å². The Balaban J connectivity index is 2.10. The summed E-state index contributed by atoms with van der Waals surface area (Å²) in [7, 11) is 1.98. The first-order valence-electron chi connectivity index (χ1n) is 6.02. The molecule has 5 heteroatoms. The van der Waals surface area contributed by atoms with E-state index >= 15 is 0 Å². The van der Waals surface area contributed by atoms with Crippen LogP contribution < -0.4 is 10.6 Å². The highest BCUT2D eigenvalue weighted by molar-refractivity contribution is 5.53. The predicted molar refractivity (Wildman–Crippen MR) is 71.4 cm³/mol. The van der Waals surface area contributed by atoms with Crippen LogP contribution in [0.1, 0.15) is 12.2 Å². The number of anilines is 1. The second kappa shape index (κ2) is 5.64. The molecule has 0 bridgehead atoms. The van der Waals surface area contributed by atoms with E-state index in [1.54, 1.807) is 0 Å². The van der Waals surface area contributed by atoms with Gasteiger partial charge in [-0.3, -0.25) is 0 Å². The molecule has 0 amide bonds. The Morgan fingerprint density at radius 2 is 2.06 bits per heavy atom. The van der Waals surface area contributed by atoms with Crippen LogP contribution in [0.5, 0.6) is 0 Å². The number of nitrogens with two attached hydrogens (primary N) is 1. The number of nitrogens with zero attached hydrogens (tertiary/aromatic N) is 3. The Morgan fingerprint density at radius 1 is 1.22 bits per heavy atom. The molecule has 0 radical (unpaired) electrons. The molecule has 2 N–H and O–H groups in total. The lowest BCUT2D eigenvalue weighted by molar-refractivity contribution is 0.545. The maximum Gasteiger partial charge on any atom is 0.154 e. The fourth-order valence-electron chi connectivity index (χ4n) is 1.68. The summed E-state index contributed by atoms with van der Waals surface area (Å²) in [6, 6.07) is 7.67. The van der Waals surface area contributed by atoms with Gasteiger partial charge >= 0.3 is 0 Å². The average Bonchev–Trinajstić information content (AvgIpc) is 2.83. The van der Waals surface area contributed by atoms with Gasteiger partial charge in [-0.15, -0.1) is 10.2 Å². The van der Waals surface area contributed by atoms with Gasteiger partial charge in [0.2, 0.25) is 0 Å². The minimum Gasteiger partial charge on any atom is -0.460 e. The van der Waals surface area contributed by atoms with E-state index in [0.29, 0.717) is 6.54 Å². The molecule has 2 aromatic heterocycles. The average molecular weight is 246 g/mol. The molecular weight excluding hydrogens is 228 g/mol. The Morgan fingerprint density at radius 3 is 2.61 bits per heavy atom. The standard InChI is InChI=1S/C13H18N4O/c1-10-4-6-12(18-10)11-5-7-13(16-15-11)17(2)9-3-8-14/h4-7H,3,8-9,14H2,1-2H3. The molecule has 0 spiro atoms. The number of hydrogen-bond acceptors (Lipinski definition) is 5. The van der Waals surface area contributed by atoms with Crippen molar-refractivity contribution in [1.29, 1.82) is 0 Å². The van der Waals surface area contributed by atoms with Crippen molar-refractivity contribution in [3.63, 3.8) is 0 Å². The third-order valence-electron chi connectivity index (χ3n) is 2.73.